The third-order valence-corrected chi connectivity index (χ3v) is 3.20. The molecular weight excluding hydrogens is 234 g/mol. The van der Waals surface area contributed by atoms with Crippen LogP contribution in [0.2, 0.25) is 5.02 Å². The number of nitrogens with two attached hydrogens (primary N) is 1. The Morgan fingerprint density at radius 2 is 2.18 bits per heavy atom. The number of hydrogen-bond acceptors (Lipinski definition) is 2. The number of rotatable bonds is 3. The van der Waals surface area contributed by atoms with Gasteiger partial charge in [-0.25, -0.2) is 4.98 Å². The highest BCUT2D eigenvalue weighted by Gasteiger charge is 2.10. The van der Waals surface area contributed by atoms with Crippen molar-refractivity contribution in [1.82, 2.24) is 9.55 Å². The van der Waals surface area contributed by atoms with E-state index in [-0.39, 0.29) is 0 Å². The lowest BCUT2D eigenvalue weighted by molar-refractivity contribution is 0.686. The predicted molar refractivity (Wildman–Crippen MR) is 72.1 cm³/mol. The van der Waals surface area contributed by atoms with Crippen LogP contribution in [-0.4, -0.2) is 9.55 Å². The van der Waals surface area contributed by atoms with Gasteiger partial charge in [0.2, 0.25) is 0 Å². The SMILES string of the molecule is CCCn1cnc(-c2ccc(C)c(Cl)c2)c1N. The molecule has 0 aliphatic heterocycles. The van der Waals surface area contributed by atoms with E-state index in [0.717, 1.165) is 34.8 Å². The fourth-order valence-corrected chi connectivity index (χ4v) is 1.95. The molecule has 0 saturated heterocycles. The largest absolute Gasteiger partial charge is 0.383 e. The molecule has 0 bridgehead atoms. The Morgan fingerprint density at radius 3 is 2.82 bits per heavy atom. The van der Waals surface area contributed by atoms with Crippen LogP contribution in [0.3, 0.4) is 0 Å². The number of halogens is 1. The molecule has 3 nitrogen and oxygen atoms in total. The lowest BCUT2D eigenvalue weighted by Gasteiger charge is -2.05. The molecule has 0 amide bonds. The van der Waals surface area contributed by atoms with Gasteiger partial charge in [0, 0.05) is 17.1 Å². The first kappa shape index (κ1) is 12.0. The Labute approximate surface area is 106 Å². The van der Waals surface area contributed by atoms with Gasteiger partial charge in [-0.05, 0) is 25.0 Å². The molecule has 2 N–H and O–H groups in total. The van der Waals surface area contributed by atoms with Gasteiger partial charge in [0.05, 0.1) is 6.33 Å². The Bertz CT molecular complexity index is 531. The van der Waals surface area contributed by atoms with E-state index in [1.165, 1.54) is 0 Å². The maximum atomic E-state index is 6.11. The van der Waals surface area contributed by atoms with Gasteiger partial charge in [0.1, 0.15) is 11.5 Å². The second-order valence-electron chi connectivity index (χ2n) is 4.14. The molecule has 90 valence electrons. The van der Waals surface area contributed by atoms with E-state index in [4.69, 9.17) is 17.3 Å². The molecule has 0 spiro atoms. The van der Waals surface area contributed by atoms with Crippen LogP contribution < -0.4 is 5.73 Å². The monoisotopic (exact) mass is 249 g/mol. The van der Waals surface area contributed by atoms with E-state index in [1.54, 1.807) is 6.33 Å². The number of aryl methyl sites for hydroxylation is 2. The summed E-state index contributed by atoms with van der Waals surface area (Å²) in [5, 5.41) is 0.743. The standard InChI is InChI=1S/C13H16ClN3/c1-3-6-17-8-16-12(13(17)15)10-5-4-9(2)11(14)7-10/h4-5,7-8H,3,6,15H2,1-2H3. The maximum Gasteiger partial charge on any atom is 0.131 e. The molecule has 17 heavy (non-hydrogen) atoms. The summed E-state index contributed by atoms with van der Waals surface area (Å²) in [6.45, 7) is 4.98. The van der Waals surface area contributed by atoms with Gasteiger partial charge in [-0.15, -0.1) is 0 Å². The molecule has 1 aromatic carbocycles. The van der Waals surface area contributed by atoms with Gasteiger partial charge in [-0.2, -0.15) is 0 Å². The van der Waals surface area contributed by atoms with Crippen molar-refractivity contribution in [2.45, 2.75) is 26.8 Å². The Kier molecular flexibility index (Phi) is 3.38. The fraction of sp³-hybridized carbons (Fsp3) is 0.308. The summed E-state index contributed by atoms with van der Waals surface area (Å²) in [5.74, 6) is 0.701. The van der Waals surface area contributed by atoms with Crippen molar-refractivity contribution in [1.29, 1.82) is 0 Å². The minimum Gasteiger partial charge on any atom is -0.383 e. The van der Waals surface area contributed by atoms with Crippen molar-refractivity contribution >= 4 is 17.4 Å². The number of hydrogen-bond donors (Lipinski definition) is 1. The topological polar surface area (TPSA) is 43.8 Å². The van der Waals surface area contributed by atoms with E-state index in [9.17, 15) is 0 Å². The molecule has 0 saturated carbocycles. The number of benzene rings is 1. The highest BCUT2D eigenvalue weighted by Crippen LogP contribution is 2.28. The molecule has 0 atom stereocenters. The molecule has 0 aliphatic carbocycles. The van der Waals surface area contributed by atoms with Gasteiger partial charge in [0.15, 0.2) is 0 Å². The van der Waals surface area contributed by atoms with E-state index < -0.39 is 0 Å². The molecular formula is C13H16ClN3. The lowest BCUT2D eigenvalue weighted by Crippen LogP contribution is -2.01. The van der Waals surface area contributed by atoms with Crippen LogP contribution in [0.15, 0.2) is 24.5 Å². The molecule has 0 aliphatic rings. The number of anilines is 1. The number of aromatic nitrogens is 2. The summed E-state index contributed by atoms with van der Waals surface area (Å²) >= 11 is 6.11. The Hall–Kier alpha value is -1.48. The van der Waals surface area contributed by atoms with Gasteiger partial charge >= 0.3 is 0 Å². The number of imidazole rings is 1. The third-order valence-electron chi connectivity index (χ3n) is 2.79. The second kappa shape index (κ2) is 4.80. The molecule has 4 heteroatoms. The van der Waals surface area contributed by atoms with Gasteiger partial charge in [-0.3, -0.25) is 0 Å². The van der Waals surface area contributed by atoms with Gasteiger partial charge < -0.3 is 10.3 Å². The summed E-state index contributed by atoms with van der Waals surface area (Å²) < 4.78 is 1.96. The Balaban J connectivity index is 2.42. The van der Waals surface area contributed by atoms with Crippen LogP contribution >= 0.6 is 11.6 Å². The summed E-state index contributed by atoms with van der Waals surface area (Å²) in [5.41, 5.74) is 8.90. The molecule has 1 aromatic heterocycles. The Morgan fingerprint density at radius 1 is 1.41 bits per heavy atom. The fourth-order valence-electron chi connectivity index (χ4n) is 1.77. The highest BCUT2D eigenvalue weighted by molar-refractivity contribution is 6.31. The maximum absolute atomic E-state index is 6.11. The zero-order chi connectivity index (χ0) is 12.4. The average Bonchev–Trinajstić information content (AvgIpc) is 2.66. The van der Waals surface area contributed by atoms with E-state index in [1.807, 2.05) is 29.7 Å². The van der Waals surface area contributed by atoms with Gasteiger partial charge in [0.25, 0.3) is 0 Å². The molecule has 1 heterocycles. The van der Waals surface area contributed by atoms with Gasteiger partial charge in [-0.1, -0.05) is 30.7 Å². The summed E-state index contributed by atoms with van der Waals surface area (Å²) in [6.07, 6.45) is 2.82. The number of nitrogen functional groups attached to an aromatic ring is 1. The summed E-state index contributed by atoms with van der Waals surface area (Å²) in [4.78, 5) is 4.35. The molecule has 2 rings (SSSR count). The van der Waals surface area contributed by atoms with Crippen LogP contribution in [0.25, 0.3) is 11.3 Å². The summed E-state index contributed by atoms with van der Waals surface area (Å²) in [6, 6.07) is 5.89. The predicted octanol–water partition coefficient (Wildman–Crippen LogP) is 3.50. The van der Waals surface area contributed by atoms with E-state index >= 15 is 0 Å². The molecule has 0 fully saturated rings. The normalized spacial score (nSPS) is 10.8. The van der Waals surface area contributed by atoms with E-state index in [0.29, 0.717) is 5.82 Å². The molecule has 2 aromatic rings. The summed E-state index contributed by atoms with van der Waals surface area (Å²) in [7, 11) is 0. The van der Waals surface area contributed by atoms with Crippen molar-refractivity contribution in [3.05, 3.63) is 35.1 Å². The highest BCUT2D eigenvalue weighted by atomic mass is 35.5. The van der Waals surface area contributed by atoms with Crippen molar-refractivity contribution in [3.8, 4) is 11.3 Å². The quantitative estimate of drug-likeness (QED) is 0.905. The zero-order valence-corrected chi connectivity index (χ0v) is 10.8. The van der Waals surface area contributed by atoms with Crippen molar-refractivity contribution in [2.24, 2.45) is 0 Å². The number of nitrogens with zero attached hydrogens (tertiary/aromatic N) is 2. The van der Waals surface area contributed by atoms with Crippen molar-refractivity contribution in [3.63, 3.8) is 0 Å². The van der Waals surface area contributed by atoms with Crippen LogP contribution in [0.4, 0.5) is 5.82 Å². The van der Waals surface area contributed by atoms with Crippen molar-refractivity contribution < 1.29 is 0 Å². The van der Waals surface area contributed by atoms with Crippen LogP contribution in [0, 0.1) is 6.92 Å². The smallest absolute Gasteiger partial charge is 0.131 e. The minimum atomic E-state index is 0.701. The minimum absolute atomic E-state index is 0.701. The van der Waals surface area contributed by atoms with E-state index in [2.05, 4.69) is 11.9 Å². The first-order valence-corrected chi connectivity index (χ1v) is 6.08. The van der Waals surface area contributed by atoms with Crippen molar-refractivity contribution in [2.75, 3.05) is 5.73 Å². The first-order valence-electron chi connectivity index (χ1n) is 5.70. The zero-order valence-electron chi connectivity index (χ0n) is 10.1. The van der Waals surface area contributed by atoms with Crippen LogP contribution in [0.5, 0.6) is 0 Å². The lowest BCUT2D eigenvalue weighted by atomic mass is 10.1. The van der Waals surface area contributed by atoms with Crippen LogP contribution in [-0.2, 0) is 6.54 Å². The second-order valence-corrected chi connectivity index (χ2v) is 4.54. The average molecular weight is 250 g/mol. The third kappa shape index (κ3) is 2.29. The molecule has 0 unspecified atom stereocenters. The first-order chi connectivity index (χ1) is 8.13. The molecule has 0 radical (unpaired) electrons. The van der Waals surface area contributed by atoms with Crippen LogP contribution in [0.1, 0.15) is 18.9 Å².